The van der Waals surface area contributed by atoms with Gasteiger partial charge in [-0.3, -0.25) is 4.79 Å². The fraction of sp³-hybridized carbons (Fsp3) is 0.259. The third-order valence-corrected chi connectivity index (χ3v) is 9.31. The van der Waals surface area contributed by atoms with Crippen molar-refractivity contribution in [1.82, 2.24) is 9.29 Å². The van der Waals surface area contributed by atoms with E-state index in [2.05, 4.69) is 15.6 Å². The highest BCUT2D eigenvalue weighted by atomic mass is 32.2. The summed E-state index contributed by atoms with van der Waals surface area (Å²) >= 11 is 1.49. The molecule has 1 amide bonds. The summed E-state index contributed by atoms with van der Waals surface area (Å²) < 4.78 is 33.8. The fourth-order valence-electron chi connectivity index (χ4n) is 4.57. The van der Waals surface area contributed by atoms with Crippen LogP contribution in [0.15, 0.2) is 70.9 Å². The lowest BCUT2D eigenvalue weighted by Crippen LogP contribution is -2.43. The van der Waals surface area contributed by atoms with Gasteiger partial charge in [0.2, 0.25) is 15.9 Å². The molecule has 1 fully saturated rings. The molecule has 1 unspecified atom stereocenters. The Bertz CT molecular complexity index is 1550. The van der Waals surface area contributed by atoms with Crippen molar-refractivity contribution in [2.45, 2.75) is 17.7 Å². The molecule has 0 aliphatic carbocycles. The summed E-state index contributed by atoms with van der Waals surface area (Å²) in [6.45, 7) is 0.510. The van der Waals surface area contributed by atoms with Crippen molar-refractivity contribution in [3.05, 3.63) is 66.0 Å². The summed E-state index contributed by atoms with van der Waals surface area (Å²) in [6, 6.07) is 18.3. The third kappa shape index (κ3) is 5.18. The van der Waals surface area contributed by atoms with Crippen LogP contribution < -0.4 is 15.4 Å². The largest absolute Gasteiger partial charge is 0.495 e. The van der Waals surface area contributed by atoms with E-state index in [1.54, 1.807) is 25.3 Å². The van der Waals surface area contributed by atoms with Crippen molar-refractivity contribution in [3.63, 3.8) is 0 Å². The summed E-state index contributed by atoms with van der Waals surface area (Å²) in [6.07, 6.45) is 1.21. The van der Waals surface area contributed by atoms with Crippen LogP contribution in [0.25, 0.3) is 22.0 Å². The number of carbonyl (C=O) groups is 1. The van der Waals surface area contributed by atoms with Crippen molar-refractivity contribution in [2.24, 2.45) is 5.92 Å². The summed E-state index contributed by atoms with van der Waals surface area (Å²) in [7, 11) is -0.371. The second kappa shape index (κ2) is 10.5. The van der Waals surface area contributed by atoms with E-state index in [-0.39, 0.29) is 17.3 Å². The Morgan fingerprint density at radius 2 is 1.92 bits per heavy atom. The van der Waals surface area contributed by atoms with Crippen molar-refractivity contribution < 1.29 is 17.9 Å². The van der Waals surface area contributed by atoms with Crippen LogP contribution >= 0.6 is 11.3 Å². The molecule has 2 N–H and O–H groups in total. The average Bonchev–Trinajstić information content (AvgIpc) is 3.42. The first kappa shape index (κ1) is 25.2. The van der Waals surface area contributed by atoms with Crippen LogP contribution in [0.1, 0.15) is 12.8 Å². The Labute approximate surface area is 220 Å². The summed E-state index contributed by atoms with van der Waals surface area (Å²) in [5.74, 6) is -0.187. The number of ether oxygens (including phenoxy) is 1. The maximum Gasteiger partial charge on any atom is 0.243 e. The number of benzene rings is 3. The van der Waals surface area contributed by atoms with Crippen molar-refractivity contribution in [3.8, 4) is 17.0 Å². The molecule has 4 aromatic rings. The van der Waals surface area contributed by atoms with E-state index in [4.69, 9.17) is 4.74 Å². The molecular formula is C27H28N4O4S2. The molecule has 192 valence electrons. The SMILES string of the molecule is CNc1nc(-c2ccc(OC)c(NC(=O)C3CCCN(S(=O)(=O)c4ccc5ccccc5c4)C3)c2)cs1. The molecule has 0 saturated carbocycles. The zero-order valence-corrected chi connectivity index (χ0v) is 22.2. The predicted octanol–water partition coefficient (Wildman–Crippen LogP) is 5.05. The van der Waals surface area contributed by atoms with Crippen LogP contribution in [0.3, 0.4) is 0 Å². The van der Waals surface area contributed by atoms with E-state index in [0.29, 0.717) is 30.8 Å². The van der Waals surface area contributed by atoms with E-state index in [0.717, 1.165) is 27.2 Å². The highest BCUT2D eigenvalue weighted by Gasteiger charge is 2.33. The van der Waals surface area contributed by atoms with Gasteiger partial charge in [-0.05, 0) is 53.9 Å². The van der Waals surface area contributed by atoms with E-state index in [1.807, 2.05) is 54.9 Å². The van der Waals surface area contributed by atoms with Crippen molar-refractivity contribution in [2.75, 3.05) is 37.9 Å². The molecule has 10 heteroatoms. The molecule has 1 aliphatic heterocycles. The van der Waals surface area contributed by atoms with Gasteiger partial charge in [0.1, 0.15) is 5.75 Å². The standard InChI is InChI=1S/C27H28N4O4S2/c1-28-27-30-24(17-36-27)20-10-12-25(35-2)23(15-20)29-26(32)21-8-5-13-31(16-21)37(33,34)22-11-9-18-6-3-4-7-19(18)14-22/h3-4,6-7,9-12,14-15,17,21H,5,8,13,16H2,1-2H3,(H,28,30)(H,29,32). The molecule has 0 bridgehead atoms. The first-order valence-electron chi connectivity index (χ1n) is 12.0. The van der Waals surface area contributed by atoms with Gasteiger partial charge >= 0.3 is 0 Å². The van der Waals surface area contributed by atoms with Gasteiger partial charge in [0.05, 0.1) is 29.3 Å². The van der Waals surface area contributed by atoms with Gasteiger partial charge in [0, 0.05) is 31.1 Å². The summed E-state index contributed by atoms with van der Waals surface area (Å²) in [5.41, 5.74) is 2.16. The Morgan fingerprint density at radius 3 is 2.68 bits per heavy atom. The number of nitrogens with one attached hydrogen (secondary N) is 2. The monoisotopic (exact) mass is 536 g/mol. The minimum absolute atomic E-state index is 0.126. The first-order chi connectivity index (χ1) is 17.9. The number of anilines is 2. The Balaban J connectivity index is 1.34. The highest BCUT2D eigenvalue weighted by Crippen LogP contribution is 2.33. The average molecular weight is 537 g/mol. The van der Waals surface area contributed by atoms with Gasteiger partial charge in [-0.15, -0.1) is 11.3 Å². The first-order valence-corrected chi connectivity index (χ1v) is 14.3. The number of amides is 1. The zero-order valence-electron chi connectivity index (χ0n) is 20.6. The topological polar surface area (TPSA) is 101 Å². The number of sulfonamides is 1. The van der Waals surface area contributed by atoms with E-state index < -0.39 is 15.9 Å². The quantitative estimate of drug-likeness (QED) is 0.343. The van der Waals surface area contributed by atoms with Crippen molar-refractivity contribution in [1.29, 1.82) is 0 Å². The molecule has 2 heterocycles. The summed E-state index contributed by atoms with van der Waals surface area (Å²) in [5, 5.41) is 10.6. The van der Waals surface area contributed by atoms with Gasteiger partial charge in [-0.1, -0.05) is 30.3 Å². The molecule has 37 heavy (non-hydrogen) atoms. The van der Waals surface area contributed by atoms with Crippen LogP contribution in [0.2, 0.25) is 0 Å². The molecule has 1 atom stereocenters. The number of fused-ring (bicyclic) bond motifs is 1. The smallest absolute Gasteiger partial charge is 0.243 e. The molecule has 1 saturated heterocycles. The molecule has 0 radical (unpaired) electrons. The molecule has 1 aliphatic rings. The fourth-order valence-corrected chi connectivity index (χ4v) is 6.81. The van der Waals surface area contributed by atoms with Crippen molar-refractivity contribution >= 4 is 48.9 Å². The lowest BCUT2D eigenvalue weighted by molar-refractivity contribution is -0.120. The number of piperidine rings is 1. The Hall–Kier alpha value is -3.47. The van der Waals surface area contributed by atoms with Crippen LogP contribution in [-0.4, -0.2) is 50.9 Å². The lowest BCUT2D eigenvalue weighted by Gasteiger charge is -2.31. The van der Waals surface area contributed by atoms with Gasteiger partial charge < -0.3 is 15.4 Å². The number of rotatable bonds is 7. The molecule has 5 rings (SSSR count). The van der Waals surface area contributed by atoms with Gasteiger partial charge in [0.25, 0.3) is 0 Å². The van der Waals surface area contributed by atoms with Gasteiger partial charge in [-0.25, -0.2) is 13.4 Å². The lowest BCUT2D eigenvalue weighted by atomic mass is 9.98. The van der Waals surface area contributed by atoms with E-state index in [9.17, 15) is 13.2 Å². The zero-order chi connectivity index (χ0) is 26.0. The number of aromatic nitrogens is 1. The van der Waals surface area contributed by atoms with Gasteiger partial charge in [-0.2, -0.15) is 4.31 Å². The second-order valence-electron chi connectivity index (χ2n) is 8.90. The molecule has 0 spiro atoms. The summed E-state index contributed by atoms with van der Waals surface area (Å²) in [4.78, 5) is 18.1. The minimum atomic E-state index is -3.73. The molecule has 1 aromatic heterocycles. The van der Waals surface area contributed by atoms with Crippen LogP contribution in [0.4, 0.5) is 10.8 Å². The highest BCUT2D eigenvalue weighted by molar-refractivity contribution is 7.89. The number of carbonyl (C=O) groups excluding carboxylic acids is 1. The second-order valence-corrected chi connectivity index (χ2v) is 11.7. The van der Waals surface area contributed by atoms with Crippen LogP contribution in [0.5, 0.6) is 5.75 Å². The molecule has 8 nitrogen and oxygen atoms in total. The maximum atomic E-state index is 13.4. The number of methoxy groups -OCH3 is 1. The number of hydrogen-bond acceptors (Lipinski definition) is 7. The number of thiazole rings is 1. The molecular weight excluding hydrogens is 508 g/mol. The minimum Gasteiger partial charge on any atom is -0.495 e. The Kier molecular flexibility index (Phi) is 7.14. The molecule has 3 aromatic carbocycles. The third-order valence-electron chi connectivity index (χ3n) is 6.58. The van der Waals surface area contributed by atoms with Gasteiger partial charge in [0.15, 0.2) is 5.13 Å². The van der Waals surface area contributed by atoms with E-state index in [1.165, 1.54) is 15.6 Å². The number of hydrogen-bond donors (Lipinski definition) is 2. The number of nitrogens with zero attached hydrogens (tertiary/aromatic N) is 2. The van der Waals surface area contributed by atoms with Crippen LogP contribution in [0, 0.1) is 5.92 Å². The van der Waals surface area contributed by atoms with Crippen LogP contribution in [-0.2, 0) is 14.8 Å². The predicted molar refractivity (Wildman–Crippen MR) is 148 cm³/mol. The Morgan fingerprint density at radius 1 is 1.11 bits per heavy atom. The van der Waals surface area contributed by atoms with E-state index >= 15 is 0 Å². The normalized spacial score (nSPS) is 16.4. The maximum absolute atomic E-state index is 13.4.